The molecule has 1 fully saturated rings. The van der Waals surface area contributed by atoms with Crippen molar-refractivity contribution in [3.05, 3.63) is 63.7 Å². The van der Waals surface area contributed by atoms with Gasteiger partial charge in [-0.15, -0.1) is 11.8 Å². The second-order valence-electron chi connectivity index (χ2n) is 7.04. The van der Waals surface area contributed by atoms with Crippen LogP contribution in [-0.4, -0.2) is 58.5 Å². The number of nitrogens with zero attached hydrogens (tertiary/aromatic N) is 3. The van der Waals surface area contributed by atoms with E-state index >= 15 is 0 Å². The maximum Gasteiger partial charge on any atom is 0.269 e. The lowest BCUT2D eigenvalue weighted by Gasteiger charge is -2.35. The van der Waals surface area contributed by atoms with Gasteiger partial charge in [0, 0.05) is 55.3 Å². The molecule has 9 heteroatoms. The fourth-order valence-electron chi connectivity index (χ4n) is 3.53. The lowest BCUT2D eigenvalue weighted by Crippen LogP contribution is -2.48. The van der Waals surface area contributed by atoms with E-state index in [1.807, 2.05) is 17.0 Å². The first-order valence-electron chi connectivity index (χ1n) is 9.31. The molecule has 2 aliphatic rings. The Morgan fingerprint density at radius 3 is 2.69 bits per heavy atom. The number of amides is 2. The summed E-state index contributed by atoms with van der Waals surface area (Å²) in [6.45, 7) is 3.20. The lowest BCUT2D eigenvalue weighted by molar-refractivity contribution is -0.384. The van der Waals surface area contributed by atoms with Crippen LogP contribution in [0.2, 0.25) is 0 Å². The summed E-state index contributed by atoms with van der Waals surface area (Å²) in [6.07, 6.45) is 0. The molecule has 2 aliphatic heterocycles. The summed E-state index contributed by atoms with van der Waals surface area (Å²) in [4.78, 5) is 40.0. The number of nitro benzene ring substituents is 1. The van der Waals surface area contributed by atoms with E-state index in [0.717, 1.165) is 10.5 Å². The number of carbonyl (C=O) groups excluding carboxylic acids is 2. The molecule has 1 saturated heterocycles. The number of carbonyl (C=O) groups is 2. The number of piperazine rings is 1. The number of fused-ring (bicyclic) bond motifs is 1. The topological polar surface area (TPSA) is 95.8 Å². The summed E-state index contributed by atoms with van der Waals surface area (Å²) >= 11 is 1.47. The minimum Gasteiger partial charge on any atom is -0.336 e. The van der Waals surface area contributed by atoms with Gasteiger partial charge in [0.25, 0.3) is 11.6 Å². The molecule has 8 nitrogen and oxygen atoms in total. The van der Waals surface area contributed by atoms with Crippen LogP contribution >= 0.6 is 11.8 Å². The summed E-state index contributed by atoms with van der Waals surface area (Å²) in [5, 5.41) is 13.7. The second-order valence-corrected chi connectivity index (χ2v) is 8.06. The molecule has 29 heavy (non-hydrogen) atoms. The molecular weight excluding hydrogens is 392 g/mol. The molecule has 4 rings (SSSR count). The highest BCUT2D eigenvalue weighted by atomic mass is 32.2. The summed E-state index contributed by atoms with van der Waals surface area (Å²) in [5.41, 5.74) is 2.25. The average Bonchev–Trinajstić information content (AvgIpc) is 2.73. The number of anilines is 1. The Bertz CT molecular complexity index is 973. The van der Waals surface area contributed by atoms with Crippen LogP contribution in [-0.2, 0) is 11.3 Å². The maximum atomic E-state index is 12.9. The Morgan fingerprint density at radius 1 is 1.14 bits per heavy atom. The van der Waals surface area contributed by atoms with Crippen molar-refractivity contribution in [3.8, 4) is 0 Å². The van der Waals surface area contributed by atoms with Gasteiger partial charge in [-0.05, 0) is 23.8 Å². The fraction of sp³-hybridized carbons (Fsp3) is 0.300. The van der Waals surface area contributed by atoms with E-state index in [0.29, 0.717) is 49.7 Å². The summed E-state index contributed by atoms with van der Waals surface area (Å²) < 4.78 is 0. The predicted molar refractivity (Wildman–Crippen MR) is 110 cm³/mol. The number of nitrogens with one attached hydrogen (secondary N) is 1. The molecule has 0 radical (unpaired) electrons. The Balaban J connectivity index is 1.36. The smallest absolute Gasteiger partial charge is 0.269 e. The number of benzene rings is 2. The Hall–Kier alpha value is -2.91. The zero-order valence-corrected chi connectivity index (χ0v) is 16.5. The second kappa shape index (κ2) is 8.22. The molecule has 2 aromatic carbocycles. The standard InChI is InChI=1S/C20H20N4O4S/c25-19-13-29-18-5-4-15(11-17(18)21-19)20(26)23-8-6-22(7-9-23)12-14-2-1-3-16(10-14)24(27)28/h1-5,10-11H,6-9,12-13H2,(H,21,25). The molecule has 0 aliphatic carbocycles. The average molecular weight is 412 g/mol. The van der Waals surface area contributed by atoms with Crippen LogP contribution in [0.5, 0.6) is 0 Å². The molecule has 0 aromatic heterocycles. The Labute approximate surface area is 172 Å². The van der Waals surface area contributed by atoms with Crippen molar-refractivity contribution in [2.45, 2.75) is 11.4 Å². The number of hydrogen-bond donors (Lipinski definition) is 1. The molecule has 1 N–H and O–H groups in total. The highest BCUT2D eigenvalue weighted by Crippen LogP contribution is 2.32. The zero-order chi connectivity index (χ0) is 20.4. The number of rotatable bonds is 4. The van der Waals surface area contributed by atoms with Gasteiger partial charge >= 0.3 is 0 Å². The number of nitro groups is 1. The minimum absolute atomic E-state index is 0.0485. The third kappa shape index (κ3) is 4.41. The van der Waals surface area contributed by atoms with Crippen molar-refractivity contribution in [3.63, 3.8) is 0 Å². The van der Waals surface area contributed by atoms with Crippen LogP contribution in [0.15, 0.2) is 47.4 Å². The van der Waals surface area contributed by atoms with E-state index in [-0.39, 0.29) is 22.4 Å². The maximum absolute atomic E-state index is 12.9. The molecule has 2 amide bonds. The van der Waals surface area contributed by atoms with Crippen molar-refractivity contribution < 1.29 is 14.5 Å². The van der Waals surface area contributed by atoms with Crippen molar-refractivity contribution in [2.24, 2.45) is 0 Å². The van der Waals surface area contributed by atoms with Gasteiger partial charge in [0.1, 0.15) is 0 Å². The highest BCUT2D eigenvalue weighted by Gasteiger charge is 2.24. The van der Waals surface area contributed by atoms with Gasteiger partial charge in [-0.3, -0.25) is 24.6 Å². The summed E-state index contributed by atoms with van der Waals surface area (Å²) in [5.74, 6) is 0.293. The molecule has 150 valence electrons. The van der Waals surface area contributed by atoms with Gasteiger partial charge < -0.3 is 10.2 Å². The quantitative estimate of drug-likeness (QED) is 0.613. The van der Waals surface area contributed by atoms with E-state index in [1.165, 1.54) is 17.8 Å². The molecule has 0 spiro atoms. The van der Waals surface area contributed by atoms with Crippen LogP contribution in [0.4, 0.5) is 11.4 Å². The van der Waals surface area contributed by atoms with Gasteiger partial charge in [-0.25, -0.2) is 0 Å². The molecule has 0 saturated carbocycles. The highest BCUT2D eigenvalue weighted by molar-refractivity contribution is 8.00. The Kier molecular flexibility index (Phi) is 5.50. The van der Waals surface area contributed by atoms with Crippen LogP contribution in [0.3, 0.4) is 0 Å². The third-order valence-corrected chi connectivity index (χ3v) is 6.12. The van der Waals surface area contributed by atoms with Crippen LogP contribution in [0.1, 0.15) is 15.9 Å². The van der Waals surface area contributed by atoms with Crippen molar-refractivity contribution in [2.75, 3.05) is 37.2 Å². The molecule has 0 bridgehead atoms. The van der Waals surface area contributed by atoms with E-state index in [4.69, 9.17) is 0 Å². The van der Waals surface area contributed by atoms with Gasteiger partial charge in [-0.1, -0.05) is 12.1 Å². The molecular formula is C20H20N4O4S. The first kappa shape index (κ1) is 19.4. The first-order valence-corrected chi connectivity index (χ1v) is 10.3. The van der Waals surface area contributed by atoms with Gasteiger partial charge in [0.2, 0.25) is 5.91 Å². The largest absolute Gasteiger partial charge is 0.336 e. The zero-order valence-electron chi connectivity index (χ0n) is 15.7. The van der Waals surface area contributed by atoms with Gasteiger partial charge in [0.05, 0.1) is 16.4 Å². The van der Waals surface area contributed by atoms with E-state index in [1.54, 1.807) is 24.3 Å². The van der Waals surface area contributed by atoms with Gasteiger partial charge in [0.15, 0.2) is 0 Å². The molecule has 2 aromatic rings. The van der Waals surface area contributed by atoms with Crippen molar-refractivity contribution in [1.29, 1.82) is 0 Å². The summed E-state index contributed by atoms with van der Waals surface area (Å²) in [7, 11) is 0. The van der Waals surface area contributed by atoms with Crippen LogP contribution in [0.25, 0.3) is 0 Å². The minimum atomic E-state index is -0.389. The summed E-state index contributed by atoms with van der Waals surface area (Å²) in [6, 6.07) is 12.1. The number of hydrogen-bond acceptors (Lipinski definition) is 6. The molecule has 0 atom stereocenters. The van der Waals surface area contributed by atoms with Crippen molar-refractivity contribution in [1.82, 2.24) is 9.80 Å². The van der Waals surface area contributed by atoms with Crippen LogP contribution < -0.4 is 5.32 Å². The SMILES string of the molecule is O=C1CSc2ccc(C(=O)N3CCN(Cc4cccc([N+](=O)[O-])c4)CC3)cc2N1. The fourth-order valence-corrected chi connectivity index (χ4v) is 4.32. The van der Waals surface area contributed by atoms with E-state index < -0.39 is 0 Å². The number of non-ortho nitro benzene ring substituents is 1. The normalized spacial score (nSPS) is 16.8. The van der Waals surface area contributed by atoms with Gasteiger partial charge in [-0.2, -0.15) is 0 Å². The Morgan fingerprint density at radius 2 is 1.93 bits per heavy atom. The molecule has 2 heterocycles. The van der Waals surface area contributed by atoms with Crippen molar-refractivity contribution >= 4 is 35.0 Å². The third-order valence-electron chi connectivity index (χ3n) is 5.05. The predicted octanol–water partition coefficient (Wildman–Crippen LogP) is 2.60. The first-order chi connectivity index (χ1) is 14.0. The number of thioether (sulfide) groups is 1. The monoisotopic (exact) mass is 412 g/mol. The van der Waals surface area contributed by atoms with E-state index in [2.05, 4.69) is 10.2 Å². The van der Waals surface area contributed by atoms with Crippen LogP contribution in [0, 0.1) is 10.1 Å². The molecule has 0 unspecified atom stereocenters. The van der Waals surface area contributed by atoms with E-state index in [9.17, 15) is 19.7 Å². The lowest BCUT2D eigenvalue weighted by atomic mass is 10.1.